The Kier molecular flexibility index (Phi) is 7.39. The lowest BCUT2D eigenvalue weighted by molar-refractivity contribution is -0.384. The van der Waals surface area contributed by atoms with Crippen molar-refractivity contribution in [2.24, 2.45) is 11.8 Å². The number of amides is 3. The van der Waals surface area contributed by atoms with E-state index in [4.69, 9.17) is 11.6 Å². The number of rotatable bonds is 6. The van der Waals surface area contributed by atoms with E-state index in [9.17, 15) is 29.3 Å². The number of halogens is 3. The van der Waals surface area contributed by atoms with Crippen molar-refractivity contribution in [2.75, 3.05) is 6.54 Å². The van der Waals surface area contributed by atoms with Crippen LogP contribution in [0.5, 0.6) is 0 Å². The summed E-state index contributed by atoms with van der Waals surface area (Å²) in [6.07, 6.45) is 0.761. The van der Waals surface area contributed by atoms with Crippen molar-refractivity contribution in [2.45, 2.75) is 22.5 Å². The van der Waals surface area contributed by atoms with Crippen molar-refractivity contribution < 1.29 is 24.1 Å². The third kappa shape index (κ3) is 5.03. The van der Waals surface area contributed by atoms with Crippen LogP contribution in [0.4, 0.5) is 5.69 Å². The van der Waals surface area contributed by atoms with Gasteiger partial charge in [0, 0.05) is 37.9 Å². The van der Waals surface area contributed by atoms with Gasteiger partial charge in [-0.2, -0.15) is 5.01 Å². The van der Waals surface area contributed by atoms with E-state index in [0.717, 1.165) is 16.1 Å². The van der Waals surface area contributed by atoms with E-state index in [-0.39, 0.29) is 26.5 Å². The second-order valence-corrected chi connectivity index (χ2v) is 11.1. The fourth-order valence-corrected chi connectivity index (χ4v) is 5.68. The topological polar surface area (TPSA) is 118 Å². The Balaban J connectivity index is 1.72. The van der Waals surface area contributed by atoms with Crippen molar-refractivity contribution in [3.05, 3.63) is 74.8 Å². The number of non-ortho nitro benzene ring substituents is 1. The second-order valence-electron chi connectivity index (χ2n) is 8.30. The molecule has 0 unspecified atom stereocenters. The Morgan fingerprint density at radius 2 is 1.57 bits per heavy atom. The van der Waals surface area contributed by atoms with Gasteiger partial charge in [-0.05, 0) is 43.2 Å². The number of hydrazine groups is 1. The summed E-state index contributed by atoms with van der Waals surface area (Å²) in [5, 5.41) is 13.2. The number of alkyl halides is 2. The maximum absolute atomic E-state index is 13.5. The minimum absolute atomic E-state index is 0.0444. The minimum Gasteiger partial charge on any atom is -0.292 e. The van der Waals surface area contributed by atoms with Crippen LogP contribution in [-0.2, 0) is 9.59 Å². The molecular formula is C23H18Br2ClN3O6. The van der Waals surface area contributed by atoms with E-state index >= 15 is 0 Å². The van der Waals surface area contributed by atoms with Crippen LogP contribution in [0.25, 0.3) is 0 Å². The van der Waals surface area contributed by atoms with Crippen LogP contribution in [-0.4, -0.2) is 54.6 Å². The highest BCUT2D eigenvalue weighted by atomic mass is 79.9. The van der Waals surface area contributed by atoms with Crippen molar-refractivity contribution in [3.63, 3.8) is 0 Å². The molecule has 2 aromatic carbocycles. The smallest absolute Gasteiger partial charge is 0.273 e. The Morgan fingerprint density at radius 3 is 2.11 bits per heavy atom. The number of carbonyl (C=O) groups is 4. The number of carbonyl (C=O) groups excluding carboxylic acids is 4. The zero-order valence-electron chi connectivity index (χ0n) is 18.0. The van der Waals surface area contributed by atoms with E-state index in [0.29, 0.717) is 17.9 Å². The highest BCUT2D eigenvalue weighted by molar-refractivity contribution is 9.12. The summed E-state index contributed by atoms with van der Waals surface area (Å²) >= 11 is 12.9. The molecule has 0 aromatic heterocycles. The van der Waals surface area contributed by atoms with Gasteiger partial charge >= 0.3 is 0 Å². The average molecular weight is 628 g/mol. The monoisotopic (exact) mass is 625 g/mol. The number of benzene rings is 2. The molecule has 1 saturated heterocycles. The summed E-state index contributed by atoms with van der Waals surface area (Å²) in [6, 6.07) is 10.9. The third-order valence-electron chi connectivity index (χ3n) is 6.13. The Morgan fingerprint density at radius 1 is 1.00 bits per heavy atom. The molecular weight excluding hydrogens is 610 g/mol. The van der Waals surface area contributed by atoms with Gasteiger partial charge in [0.05, 0.1) is 16.8 Å². The van der Waals surface area contributed by atoms with Crippen LogP contribution >= 0.6 is 43.5 Å². The van der Waals surface area contributed by atoms with E-state index in [1.54, 1.807) is 0 Å². The number of hydrogen-bond acceptors (Lipinski definition) is 6. The molecule has 0 radical (unpaired) electrons. The maximum atomic E-state index is 13.5. The first kappa shape index (κ1) is 25.5. The molecule has 3 amide bonds. The zero-order valence-corrected chi connectivity index (χ0v) is 21.9. The lowest BCUT2D eigenvalue weighted by atomic mass is 9.81. The Bertz CT molecular complexity index is 1200. The molecule has 2 fully saturated rings. The number of imide groups is 1. The van der Waals surface area contributed by atoms with Gasteiger partial charge in [0.25, 0.3) is 23.4 Å². The number of ketones is 1. The summed E-state index contributed by atoms with van der Waals surface area (Å²) in [7, 11) is 0. The zero-order chi connectivity index (χ0) is 25.4. The Hall–Kier alpha value is -2.63. The number of Topliss-reactive ketones (excluding diaryl/α,β-unsaturated/α-hetero) is 1. The quantitative estimate of drug-likeness (QED) is 0.154. The van der Waals surface area contributed by atoms with Gasteiger partial charge in [-0.25, -0.2) is 5.01 Å². The Labute approximate surface area is 221 Å². The van der Waals surface area contributed by atoms with Crippen molar-refractivity contribution in [3.8, 4) is 0 Å². The number of nitro groups is 1. The largest absolute Gasteiger partial charge is 0.292 e. The van der Waals surface area contributed by atoms with E-state index in [2.05, 4.69) is 31.9 Å². The average Bonchev–Trinajstić information content (AvgIpc) is 3.06. The molecule has 0 spiro atoms. The van der Waals surface area contributed by atoms with Crippen LogP contribution in [0.2, 0.25) is 5.02 Å². The van der Waals surface area contributed by atoms with Crippen LogP contribution in [0.3, 0.4) is 0 Å². The summed E-state index contributed by atoms with van der Waals surface area (Å²) in [4.78, 5) is 63.8. The number of fused-ring (bicyclic) bond motifs is 1. The van der Waals surface area contributed by atoms with Crippen LogP contribution < -0.4 is 0 Å². The minimum atomic E-state index is -0.873. The van der Waals surface area contributed by atoms with Crippen molar-refractivity contribution >= 4 is 72.7 Å². The molecule has 2 aromatic rings. The number of nitro benzene ring substituents is 1. The van der Waals surface area contributed by atoms with Gasteiger partial charge < -0.3 is 0 Å². The van der Waals surface area contributed by atoms with E-state index in [1.165, 1.54) is 42.5 Å². The lowest BCUT2D eigenvalue weighted by Crippen LogP contribution is -2.52. The van der Waals surface area contributed by atoms with Crippen LogP contribution in [0, 0.1) is 22.0 Å². The van der Waals surface area contributed by atoms with Crippen molar-refractivity contribution in [1.29, 1.82) is 0 Å². The van der Waals surface area contributed by atoms with Crippen molar-refractivity contribution in [1.82, 2.24) is 10.0 Å². The van der Waals surface area contributed by atoms with Gasteiger partial charge in [0.15, 0.2) is 5.78 Å². The molecule has 12 heteroatoms. The van der Waals surface area contributed by atoms with Gasteiger partial charge in [-0.15, -0.1) is 0 Å². The molecule has 35 heavy (non-hydrogen) atoms. The fourth-order valence-electron chi connectivity index (χ4n) is 4.31. The maximum Gasteiger partial charge on any atom is 0.273 e. The molecule has 1 aliphatic carbocycles. The van der Waals surface area contributed by atoms with Crippen LogP contribution in [0.1, 0.15) is 33.6 Å². The number of hydrogen-bond donors (Lipinski definition) is 0. The molecule has 0 bridgehead atoms. The van der Waals surface area contributed by atoms with Gasteiger partial charge in [-0.1, -0.05) is 49.5 Å². The first-order valence-electron chi connectivity index (χ1n) is 10.6. The highest BCUT2D eigenvalue weighted by Gasteiger charge is 2.54. The molecule has 2 aliphatic rings. The third-order valence-corrected chi connectivity index (χ3v) is 9.11. The SMILES string of the molecule is O=C(CN(C(=O)c1cccc([N+](=O)[O-])c1)N1C(=O)[C@@H]2C[C@@H](Br)[C@@H](Br)C[C@H]2C1=O)c1ccc(Cl)cc1. The number of nitrogens with zero attached hydrogens (tertiary/aromatic N) is 3. The highest BCUT2D eigenvalue weighted by Crippen LogP contribution is 2.43. The summed E-state index contributed by atoms with van der Waals surface area (Å²) in [5.41, 5.74) is -0.240. The van der Waals surface area contributed by atoms with Gasteiger partial charge in [0.2, 0.25) is 0 Å². The van der Waals surface area contributed by atoms with E-state index < -0.39 is 46.8 Å². The molecule has 4 atom stereocenters. The van der Waals surface area contributed by atoms with Crippen LogP contribution in [0.15, 0.2) is 48.5 Å². The molecule has 0 N–H and O–H groups in total. The molecule has 9 nitrogen and oxygen atoms in total. The molecule has 1 aliphatic heterocycles. The molecule has 1 heterocycles. The predicted octanol–water partition coefficient (Wildman–Crippen LogP) is 4.41. The molecule has 4 rings (SSSR count). The van der Waals surface area contributed by atoms with Gasteiger partial charge in [0.1, 0.15) is 6.54 Å². The normalized spacial score (nSPS) is 23.7. The second kappa shape index (κ2) is 10.2. The first-order chi connectivity index (χ1) is 16.6. The van der Waals surface area contributed by atoms with E-state index in [1.807, 2.05) is 0 Å². The van der Waals surface area contributed by atoms with Gasteiger partial charge in [-0.3, -0.25) is 29.3 Å². The standard InChI is InChI=1S/C23H18Br2ClN3O6/c24-18-9-16-17(10-19(18)25)23(33)28(22(16)32)27(11-20(30)12-4-6-14(26)7-5-12)21(31)13-2-1-3-15(8-13)29(34)35/h1-8,16-19H,9-11H2/t16-,17-,18-,19+/m1/s1. The molecule has 182 valence electrons. The first-order valence-corrected chi connectivity index (χ1v) is 12.8. The summed E-state index contributed by atoms with van der Waals surface area (Å²) in [6.45, 7) is -0.616. The summed E-state index contributed by atoms with van der Waals surface area (Å²) in [5.74, 6) is -3.86. The summed E-state index contributed by atoms with van der Waals surface area (Å²) < 4.78 is 0. The fraction of sp³-hybridized carbons (Fsp3) is 0.304. The molecule has 1 saturated carbocycles. The predicted molar refractivity (Wildman–Crippen MR) is 133 cm³/mol. The lowest BCUT2D eigenvalue weighted by Gasteiger charge is -2.30.